The molecule has 106 valence electrons. The summed E-state index contributed by atoms with van der Waals surface area (Å²) in [5, 5.41) is 5.33. The van der Waals surface area contributed by atoms with Crippen molar-refractivity contribution in [1.82, 2.24) is 9.88 Å². The van der Waals surface area contributed by atoms with Crippen molar-refractivity contribution in [2.75, 3.05) is 6.54 Å². The average molecular weight is 296 g/mol. The third-order valence-corrected chi connectivity index (χ3v) is 4.94. The lowest BCUT2D eigenvalue weighted by Crippen LogP contribution is -2.30. The summed E-state index contributed by atoms with van der Waals surface area (Å²) in [4.78, 5) is 18.0. The SMILES string of the molecule is O=C(c1ccc2[nH]ccc2c1)N1CCCC1c1ccsc1. The number of nitrogens with one attached hydrogen (secondary N) is 1. The first kappa shape index (κ1) is 12.7. The molecule has 4 heteroatoms. The van der Waals surface area contributed by atoms with Gasteiger partial charge in [-0.2, -0.15) is 11.3 Å². The fourth-order valence-electron chi connectivity index (χ4n) is 3.17. The molecule has 1 N–H and O–H groups in total. The summed E-state index contributed by atoms with van der Waals surface area (Å²) < 4.78 is 0. The van der Waals surface area contributed by atoms with E-state index in [1.165, 1.54) is 5.56 Å². The molecule has 0 spiro atoms. The van der Waals surface area contributed by atoms with Gasteiger partial charge in [0.25, 0.3) is 5.91 Å². The van der Waals surface area contributed by atoms with Crippen molar-refractivity contribution < 1.29 is 4.79 Å². The number of aromatic amines is 1. The molecule has 0 aliphatic carbocycles. The van der Waals surface area contributed by atoms with Gasteiger partial charge in [0.1, 0.15) is 0 Å². The monoisotopic (exact) mass is 296 g/mol. The lowest BCUT2D eigenvalue weighted by atomic mass is 10.1. The molecule has 4 rings (SSSR count). The first-order chi connectivity index (χ1) is 10.3. The maximum absolute atomic E-state index is 12.8. The van der Waals surface area contributed by atoms with Crippen LogP contribution in [0.3, 0.4) is 0 Å². The highest BCUT2D eigenvalue weighted by Gasteiger charge is 2.30. The van der Waals surface area contributed by atoms with Crippen LogP contribution in [0, 0.1) is 0 Å². The molecule has 3 nitrogen and oxygen atoms in total. The van der Waals surface area contributed by atoms with Crippen LogP contribution in [0.25, 0.3) is 10.9 Å². The Balaban J connectivity index is 1.66. The molecule has 1 aromatic carbocycles. The molecule has 0 radical (unpaired) electrons. The highest BCUT2D eigenvalue weighted by atomic mass is 32.1. The van der Waals surface area contributed by atoms with Crippen molar-refractivity contribution in [3.05, 3.63) is 58.4 Å². The number of rotatable bonds is 2. The minimum Gasteiger partial charge on any atom is -0.361 e. The number of carbonyl (C=O) groups excluding carboxylic acids is 1. The van der Waals surface area contributed by atoms with E-state index in [0.717, 1.165) is 35.9 Å². The topological polar surface area (TPSA) is 36.1 Å². The molecule has 0 bridgehead atoms. The number of hydrogen-bond acceptors (Lipinski definition) is 2. The number of fused-ring (bicyclic) bond motifs is 1. The van der Waals surface area contributed by atoms with Crippen molar-refractivity contribution in [3.63, 3.8) is 0 Å². The number of aromatic nitrogens is 1. The largest absolute Gasteiger partial charge is 0.361 e. The third-order valence-electron chi connectivity index (χ3n) is 4.24. The summed E-state index contributed by atoms with van der Waals surface area (Å²) >= 11 is 1.70. The predicted octanol–water partition coefficient (Wildman–Crippen LogP) is 4.21. The molecule has 3 aromatic rings. The molecule has 1 amide bonds. The third kappa shape index (κ3) is 2.16. The summed E-state index contributed by atoms with van der Waals surface area (Å²) in [6.07, 6.45) is 4.05. The van der Waals surface area contributed by atoms with E-state index in [0.29, 0.717) is 0 Å². The van der Waals surface area contributed by atoms with Gasteiger partial charge in [-0.05, 0) is 59.5 Å². The second-order valence-electron chi connectivity index (χ2n) is 5.49. The van der Waals surface area contributed by atoms with E-state index >= 15 is 0 Å². The number of amides is 1. The van der Waals surface area contributed by atoms with Crippen LogP contribution in [0.4, 0.5) is 0 Å². The van der Waals surface area contributed by atoms with E-state index in [2.05, 4.69) is 21.8 Å². The van der Waals surface area contributed by atoms with E-state index in [1.54, 1.807) is 11.3 Å². The van der Waals surface area contributed by atoms with Crippen LogP contribution < -0.4 is 0 Å². The lowest BCUT2D eigenvalue weighted by molar-refractivity contribution is 0.0736. The first-order valence-electron chi connectivity index (χ1n) is 7.23. The van der Waals surface area contributed by atoms with Gasteiger partial charge in [-0.1, -0.05) is 0 Å². The molecule has 1 unspecified atom stereocenters. The van der Waals surface area contributed by atoms with Gasteiger partial charge < -0.3 is 9.88 Å². The molecule has 3 heterocycles. The summed E-state index contributed by atoms with van der Waals surface area (Å²) in [5.41, 5.74) is 3.13. The number of H-pyrrole nitrogens is 1. The van der Waals surface area contributed by atoms with Gasteiger partial charge in [0.05, 0.1) is 6.04 Å². The Kier molecular flexibility index (Phi) is 3.04. The van der Waals surface area contributed by atoms with Crippen molar-refractivity contribution in [2.24, 2.45) is 0 Å². The predicted molar refractivity (Wildman–Crippen MR) is 85.6 cm³/mol. The van der Waals surface area contributed by atoms with Crippen molar-refractivity contribution >= 4 is 28.1 Å². The highest BCUT2D eigenvalue weighted by Crippen LogP contribution is 2.34. The summed E-state index contributed by atoms with van der Waals surface area (Å²) in [5.74, 6) is 0.145. The lowest BCUT2D eigenvalue weighted by Gasteiger charge is -2.24. The number of carbonyl (C=O) groups is 1. The summed E-state index contributed by atoms with van der Waals surface area (Å²) in [7, 11) is 0. The van der Waals surface area contributed by atoms with Gasteiger partial charge in [0, 0.05) is 29.2 Å². The second kappa shape index (κ2) is 5.04. The van der Waals surface area contributed by atoms with E-state index in [4.69, 9.17) is 0 Å². The summed E-state index contributed by atoms with van der Waals surface area (Å²) in [6, 6.07) is 10.3. The molecule has 1 fully saturated rings. The fourth-order valence-corrected chi connectivity index (χ4v) is 3.88. The van der Waals surface area contributed by atoms with Crippen LogP contribution in [-0.2, 0) is 0 Å². The Bertz CT molecular complexity index is 775. The molecule has 1 aliphatic rings. The zero-order chi connectivity index (χ0) is 14.2. The fraction of sp³-hybridized carbons (Fsp3) is 0.235. The van der Waals surface area contributed by atoms with Gasteiger partial charge >= 0.3 is 0 Å². The Morgan fingerprint density at radius 3 is 3.10 bits per heavy atom. The van der Waals surface area contributed by atoms with Crippen molar-refractivity contribution in [1.29, 1.82) is 0 Å². The Labute approximate surface area is 127 Å². The Morgan fingerprint density at radius 1 is 1.29 bits per heavy atom. The normalized spacial score (nSPS) is 18.5. The van der Waals surface area contributed by atoms with E-state index in [-0.39, 0.29) is 11.9 Å². The minimum atomic E-state index is 0.145. The first-order valence-corrected chi connectivity index (χ1v) is 8.17. The van der Waals surface area contributed by atoms with Crippen LogP contribution in [0.1, 0.15) is 34.8 Å². The van der Waals surface area contributed by atoms with E-state index in [1.807, 2.05) is 35.4 Å². The standard InChI is InChI=1S/C17H16N2OS/c20-17(13-3-4-15-12(10-13)5-7-18-15)19-8-1-2-16(19)14-6-9-21-11-14/h3-7,9-11,16,18H,1-2,8H2. The maximum Gasteiger partial charge on any atom is 0.254 e. The van der Waals surface area contributed by atoms with Crippen LogP contribution in [-0.4, -0.2) is 22.3 Å². The number of benzene rings is 1. The molecule has 1 atom stereocenters. The molecular weight excluding hydrogens is 280 g/mol. The smallest absolute Gasteiger partial charge is 0.254 e. The van der Waals surface area contributed by atoms with E-state index < -0.39 is 0 Å². The molecular formula is C17H16N2OS. The zero-order valence-corrected chi connectivity index (χ0v) is 12.4. The van der Waals surface area contributed by atoms with Gasteiger partial charge in [-0.15, -0.1) is 0 Å². The van der Waals surface area contributed by atoms with Gasteiger partial charge in [0.2, 0.25) is 0 Å². The second-order valence-corrected chi connectivity index (χ2v) is 6.27. The van der Waals surface area contributed by atoms with Gasteiger partial charge in [-0.25, -0.2) is 0 Å². The van der Waals surface area contributed by atoms with Crippen LogP contribution in [0.2, 0.25) is 0 Å². The molecule has 0 saturated carbocycles. The van der Waals surface area contributed by atoms with Gasteiger partial charge in [0.15, 0.2) is 0 Å². The quantitative estimate of drug-likeness (QED) is 0.755. The average Bonchev–Trinajstić information content (AvgIpc) is 3.24. The van der Waals surface area contributed by atoms with E-state index in [9.17, 15) is 4.79 Å². The highest BCUT2D eigenvalue weighted by molar-refractivity contribution is 7.08. The Hall–Kier alpha value is -2.07. The molecule has 2 aromatic heterocycles. The minimum absolute atomic E-state index is 0.145. The molecule has 21 heavy (non-hydrogen) atoms. The van der Waals surface area contributed by atoms with Crippen LogP contribution in [0.5, 0.6) is 0 Å². The molecule has 1 aliphatic heterocycles. The van der Waals surface area contributed by atoms with Crippen LogP contribution >= 0.6 is 11.3 Å². The Morgan fingerprint density at radius 2 is 2.24 bits per heavy atom. The maximum atomic E-state index is 12.8. The van der Waals surface area contributed by atoms with Crippen molar-refractivity contribution in [2.45, 2.75) is 18.9 Å². The number of hydrogen-bond donors (Lipinski definition) is 1. The molecule has 1 saturated heterocycles. The van der Waals surface area contributed by atoms with Gasteiger partial charge in [-0.3, -0.25) is 4.79 Å². The number of nitrogens with zero attached hydrogens (tertiary/aromatic N) is 1. The summed E-state index contributed by atoms with van der Waals surface area (Å²) in [6.45, 7) is 0.852. The zero-order valence-electron chi connectivity index (χ0n) is 11.6. The number of likely N-dealkylation sites (tertiary alicyclic amines) is 1. The number of thiophene rings is 1. The van der Waals surface area contributed by atoms with Crippen LogP contribution in [0.15, 0.2) is 47.3 Å². The van der Waals surface area contributed by atoms with Crippen molar-refractivity contribution in [3.8, 4) is 0 Å².